The molecule has 3 amide bonds. The standard InChI is InChI=1S/C24H22ClFN4O6S2/c25-16-5-9-18(10-6-16)27-24(34)29-11-12-30(38(35,36)21-2-1-13-37-21)23(29)22(33)28-19(14-20(31)32)15-3-7-17(26)8-4-15/h1-10,13,19,23H,11-12,14H2,(H,27,34)(H,28,33)(H,31,32). The number of nitrogens with one attached hydrogen (secondary N) is 2. The Bertz CT molecular complexity index is 1420. The van der Waals surface area contributed by atoms with Crippen molar-refractivity contribution in [3.63, 3.8) is 0 Å². The summed E-state index contributed by atoms with van der Waals surface area (Å²) in [5.41, 5.74) is 0.665. The molecule has 0 spiro atoms. The predicted octanol–water partition coefficient (Wildman–Crippen LogP) is 3.74. The number of hydrogen-bond acceptors (Lipinski definition) is 6. The Balaban J connectivity index is 1.66. The number of sulfonamides is 1. The summed E-state index contributed by atoms with van der Waals surface area (Å²) in [5.74, 6) is -2.71. The van der Waals surface area contributed by atoms with Crippen molar-refractivity contribution < 1.29 is 32.3 Å². The van der Waals surface area contributed by atoms with E-state index in [1.165, 1.54) is 18.2 Å². The van der Waals surface area contributed by atoms with Crippen LogP contribution in [0.2, 0.25) is 5.02 Å². The minimum absolute atomic E-state index is 0.0177. The summed E-state index contributed by atoms with van der Waals surface area (Å²) in [5, 5.41) is 16.6. The van der Waals surface area contributed by atoms with Crippen molar-refractivity contribution in [1.29, 1.82) is 0 Å². The van der Waals surface area contributed by atoms with Crippen molar-refractivity contribution in [3.05, 3.63) is 82.4 Å². The molecule has 0 aliphatic carbocycles. The average Bonchev–Trinajstić information content (AvgIpc) is 3.57. The molecule has 1 fully saturated rings. The van der Waals surface area contributed by atoms with Gasteiger partial charge >= 0.3 is 12.0 Å². The third-order valence-corrected chi connectivity index (χ3v) is 9.22. The second-order valence-electron chi connectivity index (χ2n) is 8.26. The Hall–Kier alpha value is -3.52. The summed E-state index contributed by atoms with van der Waals surface area (Å²) in [6.45, 7) is -0.283. The van der Waals surface area contributed by atoms with Crippen LogP contribution in [0.15, 0.2) is 70.3 Å². The van der Waals surface area contributed by atoms with Gasteiger partial charge in [-0.05, 0) is 53.4 Å². The van der Waals surface area contributed by atoms with E-state index in [2.05, 4.69) is 10.6 Å². The molecule has 4 rings (SSSR count). The Morgan fingerprint density at radius 2 is 1.76 bits per heavy atom. The van der Waals surface area contributed by atoms with Crippen LogP contribution in [0.3, 0.4) is 0 Å². The third-order valence-electron chi connectivity index (χ3n) is 5.75. The number of rotatable bonds is 8. The van der Waals surface area contributed by atoms with E-state index in [1.54, 1.807) is 35.7 Å². The molecular formula is C24H22ClFN4O6S2. The first-order valence-electron chi connectivity index (χ1n) is 11.2. The van der Waals surface area contributed by atoms with Crippen LogP contribution in [-0.2, 0) is 19.6 Å². The molecule has 1 aromatic heterocycles. The van der Waals surface area contributed by atoms with Crippen LogP contribution in [0.25, 0.3) is 0 Å². The Kier molecular flexibility index (Phi) is 8.31. The van der Waals surface area contributed by atoms with Gasteiger partial charge in [0.05, 0.1) is 12.5 Å². The van der Waals surface area contributed by atoms with Crippen LogP contribution in [0.1, 0.15) is 18.0 Å². The first-order valence-corrected chi connectivity index (χ1v) is 13.9. The highest BCUT2D eigenvalue weighted by Gasteiger charge is 2.47. The monoisotopic (exact) mass is 580 g/mol. The van der Waals surface area contributed by atoms with Crippen LogP contribution in [0.4, 0.5) is 14.9 Å². The molecule has 2 unspecified atom stereocenters. The van der Waals surface area contributed by atoms with Crippen LogP contribution in [-0.4, -0.2) is 59.9 Å². The molecule has 3 N–H and O–H groups in total. The molecule has 2 heterocycles. The smallest absolute Gasteiger partial charge is 0.323 e. The number of carbonyl (C=O) groups is 3. The zero-order chi connectivity index (χ0) is 27.4. The molecule has 0 saturated carbocycles. The van der Waals surface area contributed by atoms with Crippen LogP contribution < -0.4 is 10.6 Å². The summed E-state index contributed by atoms with van der Waals surface area (Å²) in [6, 6.07) is 12.1. The Labute approximate surface area is 226 Å². The lowest BCUT2D eigenvalue weighted by Crippen LogP contribution is -2.55. The lowest BCUT2D eigenvalue weighted by Gasteiger charge is -2.30. The van der Waals surface area contributed by atoms with Gasteiger partial charge in [-0.1, -0.05) is 29.8 Å². The minimum Gasteiger partial charge on any atom is -0.481 e. The van der Waals surface area contributed by atoms with Crippen LogP contribution in [0, 0.1) is 5.82 Å². The number of halogens is 2. The maximum atomic E-state index is 13.6. The number of anilines is 1. The van der Waals surface area contributed by atoms with Crippen LogP contribution >= 0.6 is 22.9 Å². The summed E-state index contributed by atoms with van der Waals surface area (Å²) >= 11 is 6.85. The van der Waals surface area contributed by atoms with E-state index in [9.17, 15) is 32.3 Å². The van der Waals surface area contributed by atoms with E-state index in [0.717, 1.165) is 32.7 Å². The highest BCUT2D eigenvalue weighted by atomic mass is 35.5. The van der Waals surface area contributed by atoms with Gasteiger partial charge in [0.25, 0.3) is 15.9 Å². The van der Waals surface area contributed by atoms with Crippen molar-refractivity contribution >= 4 is 56.6 Å². The summed E-state index contributed by atoms with van der Waals surface area (Å²) in [4.78, 5) is 39.4. The number of urea groups is 1. The number of hydrogen-bond donors (Lipinski definition) is 3. The van der Waals surface area contributed by atoms with Gasteiger partial charge in [0.2, 0.25) is 0 Å². The number of benzene rings is 2. The molecule has 0 radical (unpaired) electrons. The van der Waals surface area contributed by atoms with Gasteiger partial charge in [-0.3, -0.25) is 14.5 Å². The number of carboxylic acids is 1. The molecule has 14 heteroatoms. The minimum atomic E-state index is -4.18. The number of amides is 3. The van der Waals surface area contributed by atoms with E-state index in [4.69, 9.17) is 11.6 Å². The molecule has 0 bridgehead atoms. The lowest BCUT2D eigenvalue weighted by atomic mass is 10.0. The topological polar surface area (TPSA) is 136 Å². The second kappa shape index (κ2) is 11.5. The van der Waals surface area contributed by atoms with E-state index in [1.807, 2.05) is 0 Å². The van der Waals surface area contributed by atoms with Gasteiger partial charge in [0, 0.05) is 23.8 Å². The zero-order valence-corrected chi connectivity index (χ0v) is 22.0. The number of aliphatic carboxylic acids is 1. The van der Waals surface area contributed by atoms with E-state index >= 15 is 0 Å². The molecule has 1 saturated heterocycles. The molecule has 1 aliphatic heterocycles. The largest absolute Gasteiger partial charge is 0.481 e. The predicted molar refractivity (Wildman–Crippen MR) is 139 cm³/mol. The molecule has 200 valence electrons. The average molecular weight is 581 g/mol. The first kappa shape index (κ1) is 27.5. The lowest BCUT2D eigenvalue weighted by molar-refractivity contribution is -0.138. The summed E-state index contributed by atoms with van der Waals surface area (Å²) in [6.07, 6.45) is -2.18. The van der Waals surface area contributed by atoms with E-state index in [0.29, 0.717) is 16.3 Å². The quantitative estimate of drug-likeness (QED) is 0.371. The van der Waals surface area contributed by atoms with Gasteiger partial charge in [0.1, 0.15) is 10.0 Å². The number of nitrogens with zero attached hydrogens (tertiary/aromatic N) is 2. The zero-order valence-electron chi connectivity index (χ0n) is 19.6. The highest BCUT2D eigenvalue weighted by Crippen LogP contribution is 2.29. The van der Waals surface area contributed by atoms with Gasteiger partial charge in [-0.25, -0.2) is 17.6 Å². The molecule has 3 aromatic rings. The fraction of sp³-hybridized carbons (Fsp3) is 0.208. The summed E-state index contributed by atoms with van der Waals surface area (Å²) in [7, 11) is -4.18. The maximum Gasteiger partial charge on any atom is 0.323 e. The normalized spacial score (nSPS) is 16.7. The highest BCUT2D eigenvalue weighted by molar-refractivity contribution is 7.91. The molecule has 2 aromatic carbocycles. The SMILES string of the molecule is O=C(O)CC(NC(=O)C1N(C(=O)Nc2ccc(Cl)cc2)CCN1S(=O)(=O)c1cccs1)c1ccc(F)cc1. The number of thiophene rings is 1. The van der Waals surface area contributed by atoms with Gasteiger partial charge in [0.15, 0.2) is 6.17 Å². The van der Waals surface area contributed by atoms with Crippen molar-refractivity contribution in [2.24, 2.45) is 0 Å². The second-order valence-corrected chi connectivity index (χ2v) is 11.8. The van der Waals surface area contributed by atoms with Gasteiger partial charge < -0.3 is 15.7 Å². The van der Waals surface area contributed by atoms with Gasteiger partial charge in [-0.15, -0.1) is 11.3 Å². The van der Waals surface area contributed by atoms with Crippen LogP contribution in [0.5, 0.6) is 0 Å². The maximum absolute atomic E-state index is 13.6. The number of carboxylic acid groups (broad SMARTS) is 1. The molecule has 10 nitrogen and oxygen atoms in total. The van der Waals surface area contributed by atoms with Crippen molar-refractivity contribution in [1.82, 2.24) is 14.5 Å². The molecule has 2 atom stereocenters. The fourth-order valence-corrected chi connectivity index (χ4v) is 6.76. The summed E-state index contributed by atoms with van der Waals surface area (Å²) < 4.78 is 41.1. The fourth-order valence-electron chi connectivity index (χ4n) is 3.97. The van der Waals surface area contributed by atoms with Crippen molar-refractivity contribution in [2.75, 3.05) is 18.4 Å². The van der Waals surface area contributed by atoms with E-state index in [-0.39, 0.29) is 17.3 Å². The molecular weight excluding hydrogens is 559 g/mol. The molecule has 38 heavy (non-hydrogen) atoms. The number of carbonyl (C=O) groups excluding carboxylic acids is 2. The van der Waals surface area contributed by atoms with Crippen molar-refractivity contribution in [2.45, 2.75) is 22.8 Å². The van der Waals surface area contributed by atoms with Crippen molar-refractivity contribution in [3.8, 4) is 0 Å². The third kappa shape index (κ3) is 6.13. The van der Waals surface area contributed by atoms with E-state index < -0.39 is 52.4 Å². The Morgan fingerprint density at radius 3 is 2.37 bits per heavy atom. The van der Waals surface area contributed by atoms with Gasteiger partial charge in [-0.2, -0.15) is 4.31 Å². The first-order chi connectivity index (χ1) is 18.1. The Morgan fingerprint density at radius 1 is 1.08 bits per heavy atom. The molecule has 1 aliphatic rings.